The first kappa shape index (κ1) is 36.7. The standard InChI is InChI=1S/C62H44N2/c1-61(2)50-34-17-14-30-46(50)47-33-20-39-55(59(47)61)64(44-27-10-5-11-28-44)56-40-41-22-12-13-29-45(41)57-48-31-15-18-35-51(48)62(60(56)57)52-36-19-16-32-49(52)58-53(62)37-21-38-54(58)63(42-23-6-3-7-24-42)43-25-8-4-9-26-43/h3-40H,1-2H3. The third-order valence-electron chi connectivity index (χ3n) is 14.4. The molecule has 10 aromatic carbocycles. The summed E-state index contributed by atoms with van der Waals surface area (Å²) in [6.45, 7) is 4.81. The Morgan fingerprint density at radius 3 is 1.44 bits per heavy atom. The number of hydrogen-bond acceptors (Lipinski definition) is 2. The van der Waals surface area contributed by atoms with Gasteiger partial charge < -0.3 is 9.80 Å². The zero-order valence-corrected chi connectivity index (χ0v) is 35.8. The van der Waals surface area contributed by atoms with Crippen LogP contribution >= 0.6 is 0 Å². The Morgan fingerprint density at radius 2 is 0.781 bits per heavy atom. The first-order chi connectivity index (χ1) is 31.6. The van der Waals surface area contributed by atoms with Gasteiger partial charge in [-0.1, -0.05) is 190 Å². The van der Waals surface area contributed by atoms with Crippen LogP contribution in [-0.2, 0) is 10.8 Å². The van der Waals surface area contributed by atoms with E-state index >= 15 is 0 Å². The second-order valence-corrected chi connectivity index (χ2v) is 18.0. The van der Waals surface area contributed by atoms with Crippen molar-refractivity contribution in [2.24, 2.45) is 0 Å². The lowest BCUT2D eigenvalue weighted by Crippen LogP contribution is -2.29. The third kappa shape index (κ3) is 4.91. The average molecular weight is 817 g/mol. The summed E-state index contributed by atoms with van der Waals surface area (Å²) < 4.78 is 0. The van der Waals surface area contributed by atoms with Crippen molar-refractivity contribution in [3.05, 3.63) is 264 Å². The van der Waals surface area contributed by atoms with E-state index in [9.17, 15) is 0 Å². The van der Waals surface area contributed by atoms with E-state index in [1.807, 2.05) is 0 Å². The molecule has 0 heterocycles. The minimum atomic E-state index is -0.657. The monoisotopic (exact) mass is 816 g/mol. The second kappa shape index (κ2) is 13.8. The molecule has 0 radical (unpaired) electrons. The van der Waals surface area contributed by atoms with Crippen LogP contribution in [-0.4, -0.2) is 0 Å². The smallest absolute Gasteiger partial charge is 0.0747 e. The summed E-state index contributed by atoms with van der Waals surface area (Å²) in [7, 11) is 0. The van der Waals surface area contributed by atoms with Crippen LogP contribution < -0.4 is 9.80 Å². The van der Waals surface area contributed by atoms with Gasteiger partial charge in [0.05, 0.1) is 22.5 Å². The van der Waals surface area contributed by atoms with Gasteiger partial charge in [-0.2, -0.15) is 0 Å². The summed E-state index contributed by atoms with van der Waals surface area (Å²) in [5.41, 5.74) is 21.7. The fourth-order valence-electron chi connectivity index (χ4n) is 12.0. The highest BCUT2D eigenvalue weighted by molar-refractivity contribution is 6.12. The highest BCUT2D eigenvalue weighted by Gasteiger charge is 2.55. The molecule has 0 aromatic heterocycles. The van der Waals surface area contributed by atoms with Crippen molar-refractivity contribution < 1.29 is 0 Å². The van der Waals surface area contributed by atoms with Gasteiger partial charge in [0, 0.05) is 33.6 Å². The van der Waals surface area contributed by atoms with E-state index in [4.69, 9.17) is 0 Å². The molecule has 0 N–H and O–H groups in total. The summed E-state index contributed by atoms with van der Waals surface area (Å²) in [4.78, 5) is 5.05. The molecule has 64 heavy (non-hydrogen) atoms. The van der Waals surface area contributed by atoms with Gasteiger partial charge in [0.25, 0.3) is 0 Å². The SMILES string of the molecule is CC1(C)c2ccccc2-c2cccc(N(c3ccccc3)c3cc4ccccc4c4c3C3(c5ccccc5-c5c(N(c6ccccc6)c6ccccc6)cccc53)c3ccccc3-4)c21. The van der Waals surface area contributed by atoms with E-state index in [1.54, 1.807) is 0 Å². The Bertz CT molecular complexity index is 3440. The summed E-state index contributed by atoms with van der Waals surface area (Å²) in [6, 6.07) is 85.8. The van der Waals surface area contributed by atoms with Gasteiger partial charge in [-0.3, -0.25) is 0 Å². The van der Waals surface area contributed by atoms with Gasteiger partial charge in [-0.25, -0.2) is 0 Å². The van der Waals surface area contributed by atoms with Gasteiger partial charge in [-0.15, -0.1) is 0 Å². The molecule has 1 unspecified atom stereocenters. The van der Waals surface area contributed by atoms with Gasteiger partial charge in [-0.05, 0) is 121 Å². The molecule has 13 rings (SSSR count). The minimum absolute atomic E-state index is 0.240. The topological polar surface area (TPSA) is 6.48 Å². The maximum atomic E-state index is 2.61. The van der Waals surface area contributed by atoms with Gasteiger partial charge in [0.2, 0.25) is 0 Å². The van der Waals surface area contributed by atoms with Crippen molar-refractivity contribution in [3.63, 3.8) is 0 Å². The van der Waals surface area contributed by atoms with Gasteiger partial charge >= 0.3 is 0 Å². The number of hydrogen-bond donors (Lipinski definition) is 0. The molecule has 3 aliphatic rings. The highest BCUT2D eigenvalue weighted by Crippen LogP contribution is 2.68. The van der Waals surface area contributed by atoms with Crippen LogP contribution in [0.4, 0.5) is 34.1 Å². The quantitative estimate of drug-likeness (QED) is 0.165. The van der Waals surface area contributed by atoms with Crippen LogP contribution in [0.3, 0.4) is 0 Å². The Kier molecular flexibility index (Phi) is 7.90. The number of rotatable bonds is 6. The van der Waals surface area contributed by atoms with E-state index in [0.717, 1.165) is 22.7 Å². The Morgan fingerprint density at radius 1 is 0.312 bits per heavy atom. The largest absolute Gasteiger partial charge is 0.310 e. The van der Waals surface area contributed by atoms with Crippen molar-refractivity contribution >= 4 is 44.9 Å². The summed E-state index contributed by atoms with van der Waals surface area (Å²) in [5.74, 6) is 0. The molecule has 0 aliphatic heterocycles. The summed E-state index contributed by atoms with van der Waals surface area (Å²) in [6.07, 6.45) is 0. The van der Waals surface area contributed by atoms with E-state index < -0.39 is 5.41 Å². The predicted molar refractivity (Wildman–Crippen MR) is 267 cm³/mol. The molecule has 2 heteroatoms. The maximum Gasteiger partial charge on any atom is 0.0747 e. The molecule has 0 amide bonds. The van der Waals surface area contributed by atoms with Crippen LogP contribution in [0.2, 0.25) is 0 Å². The lowest BCUT2D eigenvalue weighted by molar-refractivity contribution is 0.660. The Balaban J connectivity index is 1.19. The first-order valence-electron chi connectivity index (χ1n) is 22.4. The van der Waals surface area contributed by atoms with Crippen molar-refractivity contribution in [2.75, 3.05) is 9.80 Å². The zero-order chi connectivity index (χ0) is 42.6. The molecular formula is C62H44N2. The number of fused-ring (bicyclic) bond motifs is 15. The number of para-hydroxylation sites is 3. The summed E-state index contributed by atoms with van der Waals surface area (Å²) >= 11 is 0. The van der Waals surface area contributed by atoms with Crippen LogP contribution in [0.1, 0.15) is 47.2 Å². The number of anilines is 6. The molecule has 0 fully saturated rings. The molecule has 1 spiro atoms. The fourth-order valence-corrected chi connectivity index (χ4v) is 12.0. The highest BCUT2D eigenvalue weighted by atomic mass is 15.2. The minimum Gasteiger partial charge on any atom is -0.310 e. The van der Waals surface area contributed by atoms with Crippen LogP contribution in [0.15, 0.2) is 231 Å². The lowest BCUT2D eigenvalue weighted by atomic mass is 9.69. The Hall–Kier alpha value is -7.94. The van der Waals surface area contributed by atoms with Gasteiger partial charge in [0.1, 0.15) is 0 Å². The van der Waals surface area contributed by atoms with Crippen molar-refractivity contribution in [1.29, 1.82) is 0 Å². The van der Waals surface area contributed by atoms with Crippen molar-refractivity contribution in [2.45, 2.75) is 24.7 Å². The zero-order valence-electron chi connectivity index (χ0n) is 35.8. The van der Waals surface area contributed by atoms with E-state index in [1.165, 1.54) is 88.9 Å². The van der Waals surface area contributed by atoms with Gasteiger partial charge in [0.15, 0.2) is 0 Å². The number of benzene rings is 10. The predicted octanol–water partition coefficient (Wildman–Crippen LogP) is 16.4. The summed E-state index contributed by atoms with van der Waals surface area (Å²) in [5, 5.41) is 2.49. The molecule has 3 aliphatic carbocycles. The second-order valence-electron chi connectivity index (χ2n) is 18.0. The van der Waals surface area contributed by atoms with Crippen molar-refractivity contribution in [3.8, 4) is 33.4 Å². The molecule has 0 saturated heterocycles. The van der Waals surface area contributed by atoms with Crippen LogP contribution in [0, 0.1) is 0 Å². The van der Waals surface area contributed by atoms with E-state index in [2.05, 4.69) is 254 Å². The normalized spacial score (nSPS) is 15.5. The molecule has 302 valence electrons. The maximum absolute atomic E-state index is 2.61. The van der Waals surface area contributed by atoms with E-state index in [-0.39, 0.29) is 5.41 Å². The van der Waals surface area contributed by atoms with Crippen molar-refractivity contribution in [1.82, 2.24) is 0 Å². The van der Waals surface area contributed by atoms with Crippen LogP contribution in [0.5, 0.6) is 0 Å². The lowest BCUT2D eigenvalue weighted by Gasteiger charge is -2.38. The molecule has 0 saturated carbocycles. The first-order valence-corrected chi connectivity index (χ1v) is 22.4. The molecule has 10 aromatic rings. The molecular weight excluding hydrogens is 773 g/mol. The third-order valence-corrected chi connectivity index (χ3v) is 14.4. The fraction of sp³-hybridized carbons (Fsp3) is 0.0645. The molecule has 1 atom stereocenters. The Labute approximate surface area is 375 Å². The molecule has 0 bridgehead atoms. The average Bonchev–Trinajstić information content (AvgIpc) is 3.92. The number of nitrogens with zero attached hydrogens (tertiary/aromatic N) is 2. The van der Waals surface area contributed by atoms with Crippen LogP contribution in [0.25, 0.3) is 44.2 Å². The molecule has 2 nitrogen and oxygen atoms in total. The van der Waals surface area contributed by atoms with E-state index in [0.29, 0.717) is 0 Å².